The smallest absolute Gasteiger partial charge is 0.239 e. The number of rotatable bonds is 4. The highest BCUT2D eigenvalue weighted by Crippen LogP contribution is 2.19. The van der Waals surface area contributed by atoms with E-state index in [0.29, 0.717) is 17.4 Å². The zero-order valence-corrected chi connectivity index (χ0v) is 13.2. The van der Waals surface area contributed by atoms with Crippen molar-refractivity contribution in [2.45, 2.75) is 38.8 Å². The summed E-state index contributed by atoms with van der Waals surface area (Å²) in [5.41, 5.74) is 5.95. The van der Waals surface area contributed by atoms with Crippen LogP contribution in [0.1, 0.15) is 26.7 Å². The second kappa shape index (κ2) is 7.09. The van der Waals surface area contributed by atoms with Crippen LogP contribution in [0.4, 0.5) is 0 Å². The minimum absolute atomic E-state index is 0.00219. The number of hydrogen-bond acceptors (Lipinski definition) is 4. The summed E-state index contributed by atoms with van der Waals surface area (Å²) >= 11 is 5.80. The Labute approximate surface area is 130 Å². The van der Waals surface area contributed by atoms with E-state index in [2.05, 4.69) is 4.98 Å². The minimum atomic E-state index is -0.447. The number of likely N-dealkylation sites (tertiary alicyclic amines) is 1. The molecule has 0 bridgehead atoms. The van der Waals surface area contributed by atoms with E-state index in [-0.39, 0.29) is 17.9 Å². The van der Waals surface area contributed by atoms with Gasteiger partial charge in [-0.15, -0.1) is 0 Å². The number of hydrogen-bond donors (Lipinski definition) is 1. The second-order valence-corrected chi connectivity index (χ2v) is 6.19. The molecule has 1 fully saturated rings. The number of amides is 1. The molecule has 1 aromatic heterocycles. The van der Waals surface area contributed by atoms with Crippen LogP contribution in [0.15, 0.2) is 18.3 Å². The Bertz CT molecular complexity index is 478. The third-order valence-electron chi connectivity index (χ3n) is 3.68. The molecule has 116 valence electrons. The van der Waals surface area contributed by atoms with Crippen molar-refractivity contribution in [3.05, 3.63) is 23.4 Å². The van der Waals surface area contributed by atoms with Crippen molar-refractivity contribution in [3.63, 3.8) is 0 Å². The number of pyridine rings is 1. The van der Waals surface area contributed by atoms with Crippen LogP contribution in [0.2, 0.25) is 5.02 Å². The van der Waals surface area contributed by atoms with Crippen molar-refractivity contribution in [2.24, 2.45) is 11.7 Å². The van der Waals surface area contributed by atoms with Crippen molar-refractivity contribution in [3.8, 4) is 5.88 Å². The van der Waals surface area contributed by atoms with Crippen LogP contribution < -0.4 is 10.5 Å². The molecule has 2 N–H and O–H groups in total. The van der Waals surface area contributed by atoms with Crippen LogP contribution >= 0.6 is 11.6 Å². The molecule has 6 heteroatoms. The van der Waals surface area contributed by atoms with Crippen molar-refractivity contribution in [2.75, 3.05) is 13.1 Å². The average molecular weight is 312 g/mol. The Balaban J connectivity index is 1.94. The second-order valence-electron chi connectivity index (χ2n) is 5.75. The van der Waals surface area contributed by atoms with Gasteiger partial charge in [0, 0.05) is 18.8 Å². The standard InChI is InChI=1S/C15H22ClN3O2/c1-10(2)14(17)15(20)19-7-3-4-12(9-19)21-13-6-5-11(16)8-18-13/h5-6,8,10,12,14H,3-4,7,9,17H2,1-2H3/t12-,14-/m0/s1. The van der Waals surface area contributed by atoms with Gasteiger partial charge in [-0.05, 0) is 24.8 Å². The van der Waals surface area contributed by atoms with Crippen LogP contribution in [0.3, 0.4) is 0 Å². The normalized spacial score (nSPS) is 20.4. The van der Waals surface area contributed by atoms with E-state index in [1.54, 1.807) is 23.2 Å². The van der Waals surface area contributed by atoms with E-state index < -0.39 is 6.04 Å². The molecule has 2 heterocycles. The Morgan fingerprint density at radius 3 is 2.90 bits per heavy atom. The lowest BCUT2D eigenvalue weighted by Crippen LogP contribution is -2.52. The van der Waals surface area contributed by atoms with E-state index in [9.17, 15) is 4.79 Å². The minimum Gasteiger partial charge on any atom is -0.472 e. The van der Waals surface area contributed by atoms with Gasteiger partial charge in [0.25, 0.3) is 0 Å². The van der Waals surface area contributed by atoms with Gasteiger partial charge >= 0.3 is 0 Å². The van der Waals surface area contributed by atoms with Crippen molar-refractivity contribution in [1.29, 1.82) is 0 Å². The number of carbonyl (C=O) groups excluding carboxylic acids is 1. The maximum Gasteiger partial charge on any atom is 0.239 e. The molecule has 1 amide bonds. The zero-order chi connectivity index (χ0) is 15.4. The van der Waals surface area contributed by atoms with Crippen LogP contribution in [-0.2, 0) is 4.79 Å². The molecule has 1 aliphatic rings. The molecule has 0 unspecified atom stereocenters. The van der Waals surface area contributed by atoms with Gasteiger partial charge in [0.15, 0.2) is 0 Å². The molecule has 0 spiro atoms. The Hall–Kier alpha value is -1.33. The molecule has 1 aromatic rings. The molecule has 0 aromatic carbocycles. The Kier molecular flexibility index (Phi) is 5.42. The summed E-state index contributed by atoms with van der Waals surface area (Å²) in [7, 11) is 0. The summed E-state index contributed by atoms with van der Waals surface area (Å²) in [5.74, 6) is 0.672. The summed E-state index contributed by atoms with van der Waals surface area (Å²) in [6.07, 6.45) is 3.33. The van der Waals surface area contributed by atoms with E-state index in [0.717, 1.165) is 19.4 Å². The molecule has 5 nitrogen and oxygen atoms in total. The molecular formula is C15H22ClN3O2. The van der Waals surface area contributed by atoms with Gasteiger partial charge in [-0.25, -0.2) is 4.98 Å². The first-order valence-corrected chi connectivity index (χ1v) is 7.67. The molecule has 0 saturated carbocycles. The average Bonchev–Trinajstić information content (AvgIpc) is 2.48. The molecule has 21 heavy (non-hydrogen) atoms. The third kappa shape index (κ3) is 4.32. The lowest BCUT2D eigenvalue weighted by molar-refractivity contribution is -0.136. The summed E-state index contributed by atoms with van der Waals surface area (Å²) in [6.45, 7) is 5.22. The van der Waals surface area contributed by atoms with E-state index in [1.165, 1.54) is 0 Å². The lowest BCUT2D eigenvalue weighted by atomic mass is 10.0. The SMILES string of the molecule is CC(C)[C@H](N)C(=O)N1CCC[C@H](Oc2ccc(Cl)cn2)C1. The number of halogens is 1. The number of aromatic nitrogens is 1. The van der Waals surface area contributed by atoms with E-state index in [1.807, 2.05) is 13.8 Å². The van der Waals surface area contributed by atoms with Crippen LogP contribution in [-0.4, -0.2) is 41.0 Å². The van der Waals surface area contributed by atoms with Gasteiger partial charge in [-0.2, -0.15) is 0 Å². The maximum absolute atomic E-state index is 12.3. The molecule has 0 radical (unpaired) electrons. The fraction of sp³-hybridized carbons (Fsp3) is 0.600. The lowest BCUT2D eigenvalue weighted by Gasteiger charge is -2.34. The molecule has 2 atom stereocenters. The van der Waals surface area contributed by atoms with Crippen molar-refractivity contribution in [1.82, 2.24) is 9.88 Å². The Morgan fingerprint density at radius 1 is 1.52 bits per heavy atom. The highest BCUT2D eigenvalue weighted by Gasteiger charge is 2.29. The molecule has 0 aliphatic carbocycles. The van der Waals surface area contributed by atoms with Gasteiger partial charge in [0.05, 0.1) is 17.6 Å². The number of piperidine rings is 1. The first-order valence-electron chi connectivity index (χ1n) is 7.30. The fourth-order valence-corrected chi connectivity index (χ4v) is 2.45. The first-order chi connectivity index (χ1) is 9.97. The summed E-state index contributed by atoms with van der Waals surface area (Å²) in [4.78, 5) is 18.2. The summed E-state index contributed by atoms with van der Waals surface area (Å²) < 4.78 is 5.83. The van der Waals surface area contributed by atoms with Crippen molar-refractivity contribution >= 4 is 17.5 Å². The molecule has 1 aliphatic heterocycles. The maximum atomic E-state index is 12.3. The number of nitrogens with zero attached hydrogens (tertiary/aromatic N) is 2. The molecule has 2 rings (SSSR count). The zero-order valence-electron chi connectivity index (χ0n) is 12.5. The van der Waals surface area contributed by atoms with Gasteiger partial charge in [0.2, 0.25) is 11.8 Å². The van der Waals surface area contributed by atoms with Crippen molar-refractivity contribution < 1.29 is 9.53 Å². The monoisotopic (exact) mass is 311 g/mol. The number of carbonyl (C=O) groups is 1. The van der Waals surface area contributed by atoms with Gasteiger partial charge < -0.3 is 15.4 Å². The van der Waals surface area contributed by atoms with Crippen LogP contribution in [0, 0.1) is 5.92 Å². The number of nitrogens with two attached hydrogens (primary N) is 1. The van der Waals surface area contributed by atoms with Gasteiger partial charge in [-0.3, -0.25) is 4.79 Å². The largest absolute Gasteiger partial charge is 0.472 e. The van der Waals surface area contributed by atoms with E-state index in [4.69, 9.17) is 22.1 Å². The summed E-state index contributed by atoms with van der Waals surface area (Å²) in [6, 6.07) is 3.03. The third-order valence-corrected chi connectivity index (χ3v) is 3.90. The van der Waals surface area contributed by atoms with E-state index >= 15 is 0 Å². The van der Waals surface area contributed by atoms with Gasteiger partial charge in [-0.1, -0.05) is 25.4 Å². The number of ether oxygens (including phenoxy) is 1. The van der Waals surface area contributed by atoms with Gasteiger partial charge in [0.1, 0.15) is 6.10 Å². The predicted molar refractivity (Wildman–Crippen MR) is 82.3 cm³/mol. The topological polar surface area (TPSA) is 68.5 Å². The first kappa shape index (κ1) is 16.0. The highest BCUT2D eigenvalue weighted by molar-refractivity contribution is 6.30. The molecule has 1 saturated heterocycles. The molecular weight excluding hydrogens is 290 g/mol. The summed E-state index contributed by atoms with van der Waals surface area (Å²) in [5, 5.41) is 0.575. The Morgan fingerprint density at radius 2 is 2.29 bits per heavy atom. The van der Waals surface area contributed by atoms with Crippen LogP contribution in [0.5, 0.6) is 5.88 Å². The fourth-order valence-electron chi connectivity index (χ4n) is 2.33. The quantitative estimate of drug-likeness (QED) is 0.924. The van der Waals surface area contributed by atoms with Crippen LogP contribution in [0.25, 0.3) is 0 Å². The highest BCUT2D eigenvalue weighted by atomic mass is 35.5. The predicted octanol–water partition coefficient (Wildman–Crippen LogP) is 2.09.